The molecule has 0 aliphatic heterocycles. The fourth-order valence-electron chi connectivity index (χ4n) is 4.83. The van der Waals surface area contributed by atoms with Crippen LogP contribution in [0.25, 0.3) is 11.0 Å². The molecule has 2 aromatic heterocycles. The molecule has 5 aromatic rings. The molecule has 6 nitrogen and oxygen atoms in total. The van der Waals surface area contributed by atoms with Gasteiger partial charge in [0.05, 0.1) is 18.2 Å². The molecule has 0 spiro atoms. The van der Waals surface area contributed by atoms with E-state index in [2.05, 4.69) is 47.3 Å². The molecule has 2 N–H and O–H groups in total. The minimum absolute atomic E-state index is 0.0784. The fraction of sp³-hybridized carbons (Fsp3) is 0.219. The first-order valence-corrected chi connectivity index (χ1v) is 12.7. The lowest BCUT2D eigenvalue weighted by atomic mass is 9.93. The number of amides is 1. The number of nitrogens with zero attached hydrogens (tertiary/aromatic N) is 2. The molecule has 0 aliphatic rings. The van der Waals surface area contributed by atoms with Crippen molar-refractivity contribution in [1.29, 1.82) is 0 Å². The maximum absolute atomic E-state index is 13.3. The number of aryl methyl sites for hydroxylation is 3. The lowest BCUT2D eigenvalue weighted by molar-refractivity contribution is -0.120. The van der Waals surface area contributed by atoms with Crippen molar-refractivity contribution in [2.24, 2.45) is 0 Å². The number of fused-ring (bicyclic) bond motifs is 1. The van der Waals surface area contributed by atoms with Crippen molar-refractivity contribution >= 4 is 16.9 Å². The molecule has 192 valence electrons. The van der Waals surface area contributed by atoms with E-state index < -0.39 is 5.60 Å². The molecular formula is C32H31N3O3. The Bertz CT molecular complexity index is 1610. The third-order valence-electron chi connectivity index (χ3n) is 6.87. The van der Waals surface area contributed by atoms with Gasteiger partial charge in [0.1, 0.15) is 17.2 Å². The maximum Gasteiger partial charge on any atom is 0.225 e. The summed E-state index contributed by atoms with van der Waals surface area (Å²) in [5, 5.41) is 15.3. The summed E-state index contributed by atoms with van der Waals surface area (Å²) in [7, 11) is 0. The van der Waals surface area contributed by atoms with Crippen LogP contribution in [0.3, 0.4) is 0 Å². The molecule has 0 saturated heterocycles. The Labute approximate surface area is 222 Å². The quantitative estimate of drug-likeness (QED) is 0.290. The number of nitrogens with one attached hydrogen (secondary N) is 1. The summed E-state index contributed by atoms with van der Waals surface area (Å²) in [4.78, 5) is 21.7. The fourth-order valence-corrected chi connectivity index (χ4v) is 4.83. The van der Waals surface area contributed by atoms with Crippen LogP contribution in [0, 0.1) is 20.8 Å². The van der Waals surface area contributed by atoms with Gasteiger partial charge in [-0.05, 0) is 74.2 Å². The van der Waals surface area contributed by atoms with Gasteiger partial charge in [-0.2, -0.15) is 0 Å². The molecule has 1 amide bonds. The van der Waals surface area contributed by atoms with Gasteiger partial charge in [-0.25, -0.2) is 9.97 Å². The van der Waals surface area contributed by atoms with E-state index in [0.717, 1.165) is 27.6 Å². The van der Waals surface area contributed by atoms with Gasteiger partial charge in [-0.3, -0.25) is 4.79 Å². The van der Waals surface area contributed by atoms with E-state index >= 15 is 0 Å². The molecule has 6 heteroatoms. The standard InChI is InChI=1S/C32H31N3O3/c1-20-10-12-26(21(2)16-20)31(24-8-6-5-7-9-24)35-30(36)18-23-11-13-27-25(17-23)19-29(38-27)32(4,37)28-14-15-33-22(3)34-28/h5-17,19,31,37H,18H2,1-4H3,(H,35,36)/t31-,32?/m0/s1. The first-order chi connectivity index (χ1) is 18.2. The van der Waals surface area contributed by atoms with Gasteiger partial charge < -0.3 is 14.8 Å². The molecule has 0 fully saturated rings. The average Bonchev–Trinajstić information content (AvgIpc) is 3.33. The van der Waals surface area contributed by atoms with Gasteiger partial charge in [-0.1, -0.05) is 60.2 Å². The van der Waals surface area contributed by atoms with E-state index in [0.29, 0.717) is 22.9 Å². The second-order valence-electron chi connectivity index (χ2n) is 9.99. The van der Waals surface area contributed by atoms with E-state index in [4.69, 9.17) is 4.42 Å². The van der Waals surface area contributed by atoms with E-state index in [9.17, 15) is 9.90 Å². The molecule has 0 bridgehead atoms. The number of furan rings is 1. The van der Waals surface area contributed by atoms with E-state index in [-0.39, 0.29) is 18.4 Å². The number of hydrogen-bond acceptors (Lipinski definition) is 5. The normalized spacial score (nSPS) is 13.7. The Morgan fingerprint density at radius 1 is 1.00 bits per heavy atom. The summed E-state index contributed by atoms with van der Waals surface area (Å²) in [6.45, 7) is 7.57. The van der Waals surface area contributed by atoms with Gasteiger partial charge in [0, 0.05) is 11.6 Å². The summed E-state index contributed by atoms with van der Waals surface area (Å²) in [6, 6.07) is 25.2. The van der Waals surface area contributed by atoms with Gasteiger partial charge in [0.2, 0.25) is 5.91 Å². The molecule has 5 rings (SSSR count). The summed E-state index contributed by atoms with van der Waals surface area (Å²) in [5.74, 6) is 0.873. The average molecular weight is 506 g/mol. The SMILES string of the molecule is Cc1ccc([C@@H](NC(=O)Cc2ccc3oc(C(C)(O)c4ccnc(C)n4)cc3c2)c2ccccc2)c(C)c1. The smallest absolute Gasteiger partial charge is 0.225 e. The summed E-state index contributed by atoms with van der Waals surface area (Å²) in [6.07, 6.45) is 1.83. The minimum Gasteiger partial charge on any atom is -0.458 e. The first-order valence-electron chi connectivity index (χ1n) is 12.7. The van der Waals surface area contributed by atoms with Crippen molar-refractivity contribution < 1.29 is 14.3 Å². The Kier molecular flexibility index (Phi) is 6.83. The van der Waals surface area contributed by atoms with Crippen LogP contribution in [-0.4, -0.2) is 21.0 Å². The third-order valence-corrected chi connectivity index (χ3v) is 6.87. The second-order valence-corrected chi connectivity index (χ2v) is 9.99. The molecule has 0 aliphatic carbocycles. The molecule has 0 saturated carbocycles. The zero-order valence-electron chi connectivity index (χ0n) is 22.0. The minimum atomic E-state index is -1.42. The van der Waals surface area contributed by atoms with Gasteiger partial charge >= 0.3 is 0 Å². The van der Waals surface area contributed by atoms with Crippen molar-refractivity contribution in [2.75, 3.05) is 0 Å². The maximum atomic E-state index is 13.3. The highest BCUT2D eigenvalue weighted by atomic mass is 16.4. The van der Waals surface area contributed by atoms with Gasteiger partial charge in [-0.15, -0.1) is 0 Å². The first kappa shape index (κ1) is 25.4. The number of hydrogen-bond donors (Lipinski definition) is 2. The highest BCUT2D eigenvalue weighted by molar-refractivity contribution is 5.83. The van der Waals surface area contributed by atoms with Crippen molar-refractivity contribution in [1.82, 2.24) is 15.3 Å². The zero-order valence-corrected chi connectivity index (χ0v) is 22.0. The number of carbonyl (C=O) groups excluding carboxylic acids is 1. The topological polar surface area (TPSA) is 88.2 Å². The molecular weight excluding hydrogens is 474 g/mol. The van der Waals surface area contributed by atoms with Crippen LogP contribution >= 0.6 is 0 Å². The highest BCUT2D eigenvalue weighted by Gasteiger charge is 2.31. The predicted octanol–water partition coefficient (Wildman–Crippen LogP) is 5.85. The Morgan fingerprint density at radius 3 is 2.53 bits per heavy atom. The highest BCUT2D eigenvalue weighted by Crippen LogP contribution is 2.33. The van der Waals surface area contributed by atoms with Gasteiger partial charge in [0.25, 0.3) is 0 Å². The molecule has 2 heterocycles. The Morgan fingerprint density at radius 2 is 1.79 bits per heavy atom. The Hall–Kier alpha value is -4.29. The number of benzene rings is 3. The van der Waals surface area contributed by atoms with Crippen molar-refractivity contribution in [2.45, 2.75) is 45.8 Å². The van der Waals surface area contributed by atoms with E-state index in [1.165, 1.54) is 5.56 Å². The van der Waals surface area contributed by atoms with Gasteiger partial charge in [0.15, 0.2) is 5.60 Å². The van der Waals surface area contributed by atoms with Crippen LogP contribution in [0.5, 0.6) is 0 Å². The lowest BCUT2D eigenvalue weighted by Crippen LogP contribution is -2.31. The zero-order chi connectivity index (χ0) is 26.9. The monoisotopic (exact) mass is 505 g/mol. The van der Waals surface area contributed by atoms with E-state index in [1.54, 1.807) is 32.2 Å². The summed E-state index contributed by atoms with van der Waals surface area (Å²) in [5.41, 5.74) is 4.96. The number of aromatic nitrogens is 2. The predicted molar refractivity (Wildman–Crippen MR) is 148 cm³/mol. The summed E-state index contributed by atoms with van der Waals surface area (Å²) < 4.78 is 5.98. The van der Waals surface area contributed by atoms with Crippen LogP contribution in [0.4, 0.5) is 0 Å². The number of aliphatic hydroxyl groups is 1. The van der Waals surface area contributed by atoms with Crippen LogP contribution < -0.4 is 5.32 Å². The van der Waals surface area contributed by atoms with Crippen molar-refractivity contribution in [3.8, 4) is 0 Å². The number of rotatable bonds is 7. The molecule has 2 atom stereocenters. The molecule has 38 heavy (non-hydrogen) atoms. The van der Waals surface area contributed by atoms with Crippen molar-refractivity contribution in [3.63, 3.8) is 0 Å². The molecule has 1 unspecified atom stereocenters. The lowest BCUT2D eigenvalue weighted by Gasteiger charge is -2.22. The largest absolute Gasteiger partial charge is 0.458 e. The van der Waals surface area contributed by atoms with Crippen molar-refractivity contribution in [3.05, 3.63) is 130 Å². The molecule has 0 radical (unpaired) electrons. The Balaban J connectivity index is 1.39. The second kappa shape index (κ2) is 10.2. The van der Waals surface area contributed by atoms with Crippen LogP contribution in [-0.2, 0) is 16.8 Å². The van der Waals surface area contributed by atoms with E-state index in [1.807, 2.05) is 48.5 Å². The molecule has 3 aromatic carbocycles. The third kappa shape index (κ3) is 5.22. The number of carbonyl (C=O) groups is 1. The van der Waals surface area contributed by atoms with Crippen LogP contribution in [0.2, 0.25) is 0 Å². The van der Waals surface area contributed by atoms with Crippen LogP contribution in [0.1, 0.15) is 58.1 Å². The summed E-state index contributed by atoms with van der Waals surface area (Å²) >= 11 is 0. The van der Waals surface area contributed by atoms with Crippen LogP contribution in [0.15, 0.2) is 89.5 Å².